The fraction of sp³-hybridized carbons (Fsp3) is 0.455. The first kappa shape index (κ1) is 21.3. The molecule has 0 spiro atoms. The normalized spacial score (nSPS) is 13.2. The van der Waals surface area contributed by atoms with Crippen molar-refractivity contribution < 1.29 is 19.4 Å². The van der Waals surface area contributed by atoms with Crippen LogP contribution in [-0.4, -0.2) is 30.1 Å². The maximum Gasteiger partial charge on any atom is 0.320 e. The number of aliphatic hydroxyl groups excluding tert-OH is 1. The SMILES string of the molecule is COC(=O)C(C(=O)CC(O)CCCc1cccs1)c1c(C)cc(C)cc1C. The number of carbonyl (C=O) groups excluding carboxylic acids is 2. The zero-order valence-electron chi connectivity index (χ0n) is 16.5. The molecule has 0 bridgehead atoms. The highest BCUT2D eigenvalue weighted by atomic mass is 32.1. The van der Waals surface area contributed by atoms with E-state index in [0.29, 0.717) is 12.0 Å². The summed E-state index contributed by atoms with van der Waals surface area (Å²) in [6, 6.07) is 8.00. The van der Waals surface area contributed by atoms with Crippen molar-refractivity contribution in [2.75, 3.05) is 7.11 Å². The Hall–Kier alpha value is -1.98. The average Bonchev–Trinajstić information content (AvgIpc) is 3.10. The molecule has 2 atom stereocenters. The lowest BCUT2D eigenvalue weighted by molar-refractivity contribution is -0.146. The standard InChI is InChI=1S/C22H28O4S/c1-14-11-15(2)20(16(3)12-14)21(22(25)26-4)19(24)13-17(23)7-5-8-18-9-6-10-27-18/h6,9-12,17,21,23H,5,7-8,13H2,1-4H3. The minimum absolute atomic E-state index is 0.0447. The third kappa shape index (κ3) is 5.75. The molecule has 2 aromatic rings. The molecule has 1 aromatic carbocycles. The number of methoxy groups -OCH3 is 1. The molecule has 0 amide bonds. The number of thiophene rings is 1. The van der Waals surface area contributed by atoms with Gasteiger partial charge in [0.05, 0.1) is 13.2 Å². The van der Waals surface area contributed by atoms with Crippen molar-refractivity contribution in [1.82, 2.24) is 0 Å². The van der Waals surface area contributed by atoms with Gasteiger partial charge in [-0.25, -0.2) is 0 Å². The van der Waals surface area contributed by atoms with E-state index in [1.807, 2.05) is 44.4 Å². The summed E-state index contributed by atoms with van der Waals surface area (Å²) in [5.74, 6) is -1.84. The quantitative estimate of drug-likeness (QED) is 0.515. The Morgan fingerprint density at radius 3 is 2.41 bits per heavy atom. The summed E-state index contributed by atoms with van der Waals surface area (Å²) < 4.78 is 4.90. The van der Waals surface area contributed by atoms with Crippen LogP contribution in [0.3, 0.4) is 0 Å². The summed E-state index contributed by atoms with van der Waals surface area (Å²) in [7, 11) is 1.29. The molecule has 0 aliphatic heterocycles. The number of aryl methyl sites for hydroxylation is 4. The second-order valence-corrected chi connectivity index (χ2v) is 8.10. The predicted molar refractivity (Wildman–Crippen MR) is 108 cm³/mol. The molecule has 1 aromatic heterocycles. The van der Waals surface area contributed by atoms with Crippen LogP contribution in [-0.2, 0) is 20.7 Å². The average molecular weight is 389 g/mol. The Kier molecular flexibility index (Phi) is 7.75. The Balaban J connectivity index is 2.08. The van der Waals surface area contributed by atoms with E-state index in [1.54, 1.807) is 11.3 Å². The lowest BCUT2D eigenvalue weighted by Gasteiger charge is -2.20. The number of Topliss-reactive ketones (excluding diaryl/α,β-unsaturated/α-hetero) is 1. The van der Waals surface area contributed by atoms with Gasteiger partial charge in [0.25, 0.3) is 0 Å². The number of ketones is 1. The Morgan fingerprint density at radius 1 is 1.19 bits per heavy atom. The largest absolute Gasteiger partial charge is 0.468 e. The molecule has 2 unspecified atom stereocenters. The highest BCUT2D eigenvalue weighted by molar-refractivity contribution is 7.09. The predicted octanol–water partition coefficient (Wildman–Crippen LogP) is 4.27. The van der Waals surface area contributed by atoms with Gasteiger partial charge in [-0.05, 0) is 68.2 Å². The second kappa shape index (κ2) is 9.81. The van der Waals surface area contributed by atoms with Gasteiger partial charge in [0, 0.05) is 11.3 Å². The van der Waals surface area contributed by atoms with Crippen LogP contribution >= 0.6 is 11.3 Å². The molecule has 146 valence electrons. The Labute approximate surface area is 165 Å². The van der Waals surface area contributed by atoms with Gasteiger partial charge in [0.2, 0.25) is 0 Å². The van der Waals surface area contributed by atoms with Crippen LogP contribution in [0.2, 0.25) is 0 Å². The topological polar surface area (TPSA) is 63.6 Å². The van der Waals surface area contributed by atoms with Gasteiger partial charge in [-0.15, -0.1) is 11.3 Å². The summed E-state index contributed by atoms with van der Waals surface area (Å²) >= 11 is 1.69. The van der Waals surface area contributed by atoms with Gasteiger partial charge >= 0.3 is 5.97 Å². The van der Waals surface area contributed by atoms with E-state index >= 15 is 0 Å². The van der Waals surface area contributed by atoms with Crippen LogP contribution in [0.15, 0.2) is 29.6 Å². The third-order valence-electron chi connectivity index (χ3n) is 4.76. The maximum absolute atomic E-state index is 12.9. The fourth-order valence-electron chi connectivity index (χ4n) is 3.59. The second-order valence-electron chi connectivity index (χ2n) is 7.06. The van der Waals surface area contributed by atoms with Gasteiger partial charge < -0.3 is 9.84 Å². The molecule has 2 rings (SSSR count). The summed E-state index contributed by atoms with van der Waals surface area (Å²) in [6.07, 6.45) is 1.43. The number of benzene rings is 1. The number of rotatable bonds is 9. The number of hydrogen-bond acceptors (Lipinski definition) is 5. The molecule has 0 radical (unpaired) electrons. The van der Waals surface area contributed by atoms with Crippen LogP contribution in [0.25, 0.3) is 0 Å². The highest BCUT2D eigenvalue weighted by Gasteiger charge is 2.32. The smallest absolute Gasteiger partial charge is 0.320 e. The van der Waals surface area contributed by atoms with Gasteiger partial charge in [-0.1, -0.05) is 23.8 Å². The van der Waals surface area contributed by atoms with E-state index in [-0.39, 0.29) is 12.2 Å². The third-order valence-corrected chi connectivity index (χ3v) is 5.70. The molecule has 0 aliphatic rings. The van der Waals surface area contributed by atoms with E-state index in [9.17, 15) is 14.7 Å². The molecule has 5 heteroatoms. The van der Waals surface area contributed by atoms with Crippen LogP contribution < -0.4 is 0 Å². The number of aliphatic hydroxyl groups is 1. The zero-order chi connectivity index (χ0) is 20.0. The van der Waals surface area contributed by atoms with E-state index in [0.717, 1.165) is 29.5 Å². The van der Waals surface area contributed by atoms with Crippen molar-refractivity contribution >= 4 is 23.1 Å². The van der Waals surface area contributed by atoms with E-state index < -0.39 is 18.0 Å². The molecule has 1 heterocycles. The summed E-state index contributed by atoms with van der Waals surface area (Å²) in [5, 5.41) is 12.3. The molecular formula is C22H28O4S. The van der Waals surface area contributed by atoms with Crippen LogP contribution in [0.5, 0.6) is 0 Å². The summed E-state index contributed by atoms with van der Waals surface area (Å²) in [6.45, 7) is 5.78. The maximum atomic E-state index is 12.9. The molecule has 27 heavy (non-hydrogen) atoms. The first-order valence-electron chi connectivity index (χ1n) is 9.22. The van der Waals surface area contributed by atoms with Crippen LogP contribution in [0.1, 0.15) is 52.3 Å². The first-order valence-corrected chi connectivity index (χ1v) is 10.1. The monoisotopic (exact) mass is 388 g/mol. The molecule has 0 aliphatic carbocycles. The van der Waals surface area contributed by atoms with Gasteiger partial charge in [-0.2, -0.15) is 0 Å². The van der Waals surface area contributed by atoms with Crippen molar-refractivity contribution in [3.05, 3.63) is 56.8 Å². The molecule has 0 saturated carbocycles. The molecule has 1 N–H and O–H groups in total. The van der Waals surface area contributed by atoms with Crippen molar-refractivity contribution in [2.24, 2.45) is 0 Å². The Morgan fingerprint density at radius 2 is 1.85 bits per heavy atom. The highest BCUT2D eigenvalue weighted by Crippen LogP contribution is 2.29. The van der Waals surface area contributed by atoms with Crippen LogP contribution in [0.4, 0.5) is 0 Å². The molecular weight excluding hydrogens is 360 g/mol. The van der Waals surface area contributed by atoms with Crippen molar-refractivity contribution in [3.63, 3.8) is 0 Å². The molecule has 0 saturated heterocycles. The number of hydrogen-bond donors (Lipinski definition) is 1. The minimum Gasteiger partial charge on any atom is -0.468 e. The van der Waals surface area contributed by atoms with Crippen LogP contribution in [0, 0.1) is 20.8 Å². The van der Waals surface area contributed by atoms with E-state index in [2.05, 4.69) is 6.07 Å². The van der Waals surface area contributed by atoms with Crippen molar-refractivity contribution in [2.45, 2.75) is 58.5 Å². The first-order chi connectivity index (χ1) is 12.8. The van der Waals surface area contributed by atoms with E-state index in [4.69, 9.17) is 4.74 Å². The zero-order valence-corrected chi connectivity index (χ0v) is 17.3. The van der Waals surface area contributed by atoms with Crippen molar-refractivity contribution in [1.29, 1.82) is 0 Å². The van der Waals surface area contributed by atoms with Crippen molar-refractivity contribution in [3.8, 4) is 0 Å². The summed E-state index contributed by atoms with van der Waals surface area (Å²) in [5.41, 5.74) is 3.56. The van der Waals surface area contributed by atoms with Gasteiger partial charge in [-0.3, -0.25) is 9.59 Å². The molecule has 0 fully saturated rings. The summed E-state index contributed by atoms with van der Waals surface area (Å²) in [4.78, 5) is 26.5. The fourth-order valence-corrected chi connectivity index (χ4v) is 4.34. The number of ether oxygens (including phenoxy) is 1. The number of esters is 1. The number of carbonyl (C=O) groups is 2. The Bertz CT molecular complexity index is 757. The van der Waals surface area contributed by atoms with Gasteiger partial charge in [0.1, 0.15) is 5.92 Å². The minimum atomic E-state index is -0.984. The lowest BCUT2D eigenvalue weighted by Crippen LogP contribution is -2.28. The van der Waals surface area contributed by atoms with Gasteiger partial charge in [0.15, 0.2) is 5.78 Å². The lowest BCUT2D eigenvalue weighted by atomic mass is 9.84. The molecule has 4 nitrogen and oxygen atoms in total. The van der Waals surface area contributed by atoms with E-state index in [1.165, 1.54) is 12.0 Å².